The van der Waals surface area contributed by atoms with Gasteiger partial charge in [0.05, 0.1) is 6.54 Å². The average Bonchev–Trinajstić information content (AvgIpc) is 2.83. The largest absolute Gasteiger partial charge is 0.365 e. The van der Waals surface area contributed by atoms with Crippen LogP contribution in [-0.4, -0.2) is 9.97 Å². The van der Waals surface area contributed by atoms with Crippen molar-refractivity contribution in [3.8, 4) is 0 Å². The lowest BCUT2D eigenvalue weighted by molar-refractivity contribution is 0.923. The van der Waals surface area contributed by atoms with Gasteiger partial charge in [0.1, 0.15) is 16.2 Å². The molecule has 0 aromatic carbocycles. The van der Waals surface area contributed by atoms with Crippen LogP contribution in [0.25, 0.3) is 0 Å². The highest BCUT2D eigenvalue weighted by atomic mass is 79.9. The van der Waals surface area contributed by atoms with Crippen molar-refractivity contribution in [2.45, 2.75) is 33.2 Å². The van der Waals surface area contributed by atoms with Gasteiger partial charge in [-0.3, -0.25) is 0 Å². The maximum Gasteiger partial charge on any atom is 0.131 e. The van der Waals surface area contributed by atoms with Crippen LogP contribution in [0.15, 0.2) is 22.8 Å². The molecular weight excluding hydrogens is 310 g/mol. The third-order valence-corrected chi connectivity index (χ3v) is 4.20. The van der Waals surface area contributed by atoms with Crippen LogP contribution in [0.3, 0.4) is 0 Å². The molecule has 2 heterocycles. The van der Waals surface area contributed by atoms with Crippen LogP contribution < -0.4 is 5.32 Å². The molecule has 96 valence electrons. The fourth-order valence-corrected chi connectivity index (χ4v) is 2.92. The fraction of sp³-hybridized carbons (Fsp3) is 0.385. The van der Waals surface area contributed by atoms with Gasteiger partial charge >= 0.3 is 0 Å². The number of aryl methyl sites for hydroxylation is 2. The number of anilines is 1. The summed E-state index contributed by atoms with van der Waals surface area (Å²) in [6, 6.07) is 6.27. The molecule has 0 amide bonds. The molecule has 0 aliphatic heterocycles. The maximum absolute atomic E-state index is 4.45. The Hall–Kier alpha value is -0.940. The minimum Gasteiger partial charge on any atom is -0.365 e. The minimum atomic E-state index is 0.817. The number of nitrogens with one attached hydrogen (secondary N) is 1. The molecule has 0 saturated carbocycles. The van der Waals surface area contributed by atoms with Gasteiger partial charge in [0, 0.05) is 22.2 Å². The quantitative estimate of drug-likeness (QED) is 0.843. The number of rotatable bonds is 5. The predicted molar refractivity (Wildman–Crippen MR) is 80.1 cm³/mol. The van der Waals surface area contributed by atoms with E-state index in [9.17, 15) is 0 Å². The first-order valence-corrected chi connectivity index (χ1v) is 7.67. The highest BCUT2D eigenvalue weighted by Gasteiger charge is 2.03. The Morgan fingerprint density at radius 2 is 1.94 bits per heavy atom. The standard InChI is InChI=1S/C13H16BrN3S/c1-3-9-5-6-10(18-9)8-15-13-7-11(14)16-12(4-2)17-13/h5-7H,3-4,8H2,1-2H3,(H,15,16,17). The molecule has 0 fully saturated rings. The molecule has 0 spiro atoms. The summed E-state index contributed by atoms with van der Waals surface area (Å²) in [5.74, 6) is 1.73. The first-order chi connectivity index (χ1) is 8.71. The highest BCUT2D eigenvalue weighted by Crippen LogP contribution is 2.19. The number of thiophene rings is 1. The second kappa shape index (κ2) is 6.29. The Morgan fingerprint density at radius 3 is 2.61 bits per heavy atom. The topological polar surface area (TPSA) is 37.8 Å². The van der Waals surface area contributed by atoms with Crippen molar-refractivity contribution >= 4 is 33.1 Å². The van der Waals surface area contributed by atoms with Crippen molar-refractivity contribution in [2.24, 2.45) is 0 Å². The van der Waals surface area contributed by atoms with Crippen LogP contribution in [0.2, 0.25) is 0 Å². The second-order valence-electron chi connectivity index (χ2n) is 3.92. The van der Waals surface area contributed by atoms with E-state index in [1.807, 2.05) is 17.4 Å². The number of hydrogen-bond donors (Lipinski definition) is 1. The number of halogens is 1. The van der Waals surface area contributed by atoms with Crippen molar-refractivity contribution in [1.82, 2.24) is 9.97 Å². The molecule has 2 aromatic rings. The van der Waals surface area contributed by atoms with Gasteiger partial charge in [0.2, 0.25) is 0 Å². The third-order valence-electron chi connectivity index (χ3n) is 2.57. The van der Waals surface area contributed by atoms with Gasteiger partial charge < -0.3 is 5.32 Å². The van der Waals surface area contributed by atoms with Crippen molar-refractivity contribution in [1.29, 1.82) is 0 Å². The SMILES string of the molecule is CCc1nc(Br)cc(NCc2ccc(CC)s2)n1. The van der Waals surface area contributed by atoms with Crippen molar-refractivity contribution in [2.75, 3.05) is 5.32 Å². The van der Waals surface area contributed by atoms with Gasteiger partial charge in [-0.1, -0.05) is 13.8 Å². The Balaban J connectivity index is 2.03. The summed E-state index contributed by atoms with van der Waals surface area (Å²) in [7, 11) is 0. The molecule has 3 nitrogen and oxygen atoms in total. The Bertz CT molecular complexity index is 525. The van der Waals surface area contributed by atoms with Crippen LogP contribution in [-0.2, 0) is 19.4 Å². The fourth-order valence-electron chi connectivity index (χ4n) is 1.60. The Kier molecular flexibility index (Phi) is 4.72. The van der Waals surface area contributed by atoms with Crippen LogP contribution >= 0.6 is 27.3 Å². The number of nitrogens with zero attached hydrogens (tertiary/aromatic N) is 2. The zero-order valence-electron chi connectivity index (χ0n) is 10.5. The third kappa shape index (κ3) is 3.53. The Morgan fingerprint density at radius 1 is 1.17 bits per heavy atom. The molecule has 0 radical (unpaired) electrons. The Labute approximate surface area is 120 Å². The summed E-state index contributed by atoms with van der Waals surface area (Å²) in [5, 5.41) is 3.34. The molecule has 2 rings (SSSR count). The maximum atomic E-state index is 4.45. The van der Waals surface area contributed by atoms with E-state index in [4.69, 9.17) is 0 Å². The number of hydrogen-bond acceptors (Lipinski definition) is 4. The molecule has 18 heavy (non-hydrogen) atoms. The lowest BCUT2D eigenvalue weighted by Crippen LogP contribution is -2.03. The molecule has 0 aliphatic carbocycles. The molecule has 5 heteroatoms. The van der Waals surface area contributed by atoms with E-state index < -0.39 is 0 Å². The highest BCUT2D eigenvalue weighted by molar-refractivity contribution is 9.10. The minimum absolute atomic E-state index is 0.817. The lowest BCUT2D eigenvalue weighted by Gasteiger charge is -2.06. The van der Waals surface area contributed by atoms with Gasteiger partial charge in [-0.15, -0.1) is 11.3 Å². The molecule has 0 saturated heterocycles. The molecule has 1 N–H and O–H groups in total. The summed E-state index contributed by atoms with van der Waals surface area (Å²) in [6.07, 6.45) is 1.94. The molecule has 0 aliphatic rings. The summed E-state index contributed by atoms with van der Waals surface area (Å²) in [4.78, 5) is 11.5. The number of aromatic nitrogens is 2. The lowest BCUT2D eigenvalue weighted by atomic mass is 10.3. The van der Waals surface area contributed by atoms with Gasteiger partial charge in [-0.25, -0.2) is 9.97 Å². The predicted octanol–water partition coefficient (Wildman–Crippen LogP) is 4.04. The van der Waals surface area contributed by atoms with Crippen molar-refractivity contribution in [3.05, 3.63) is 38.4 Å². The molecule has 0 bridgehead atoms. The zero-order chi connectivity index (χ0) is 13.0. The van der Waals surface area contributed by atoms with E-state index in [2.05, 4.69) is 57.2 Å². The second-order valence-corrected chi connectivity index (χ2v) is 5.99. The van der Waals surface area contributed by atoms with Crippen LogP contribution in [0.5, 0.6) is 0 Å². The van der Waals surface area contributed by atoms with E-state index in [0.717, 1.165) is 35.6 Å². The van der Waals surface area contributed by atoms with Crippen molar-refractivity contribution in [3.63, 3.8) is 0 Å². The van der Waals surface area contributed by atoms with E-state index in [-0.39, 0.29) is 0 Å². The van der Waals surface area contributed by atoms with E-state index >= 15 is 0 Å². The first-order valence-electron chi connectivity index (χ1n) is 6.06. The van der Waals surface area contributed by atoms with Gasteiger partial charge in [0.25, 0.3) is 0 Å². The molecule has 0 atom stereocenters. The summed E-state index contributed by atoms with van der Waals surface area (Å²) >= 11 is 5.26. The zero-order valence-corrected chi connectivity index (χ0v) is 12.9. The van der Waals surface area contributed by atoms with Gasteiger partial charge in [0.15, 0.2) is 0 Å². The van der Waals surface area contributed by atoms with Crippen molar-refractivity contribution < 1.29 is 0 Å². The smallest absolute Gasteiger partial charge is 0.131 e. The van der Waals surface area contributed by atoms with Gasteiger partial charge in [-0.05, 0) is 34.5 Å². The van der Waals surface area contributed by atoms with E-state index in [1.54, 1.807) is 0 Å². The van der Waals surface area contributed by atoms with Crippen LogP contribution in [0.1, 0.15) is 29.4 Å². The summed E-state index contributed by atoms with van der Waals surface area (Å²) < 4.78 is 0.831. The van der Waals surface area contributed by atoms with Crippen LogP contribution in [0.4, 0.5) is 5.82 Å². The van der Waals surface area contributed by atoms with Gasteiger partial charge in [-0.2, -0.15) is 0 Å². The molecule has 0 unspecified atom stereocenters. The monoisotopic (exact) mass is 325 g/mol. The first kappa shape index (κ1) is 13.5. The van der Waals surface area contributed by atoms with E-state index in [0.29, 0.717) is 0 Å². The van der Waals surface area contributed by atoms with Crippen LogP contribution in [0, 0.1) is 0 Å². The molecule has 2 aromatic heterocycles. The van der Waals surface area contributed by atoms with E-state index in [1.165, 1.54) is 9.75 Å². The molecular formula is C13H16BrN3S. The average molecular weight is 326 g/mol. The summed E-state index contributed by atoms with van der Waals surface area (Å²) in [5.41, 5.74) is 0. The summed E-state index contributed by atoms with van der Waals surface area (Å²) in [6.45, 7) is 5.05. The normalized spacial score (nSPS) is 10.6.